The number of hydrogen-bond donors (Lipinski definition) is 2. The maximum Gasteiger partial charge on any atom is 0.221 e. The molecule has 4 nitrogen and oxygen atoms in total. The number of hydrogen-bond acceptors (Lipinski definition) is 3. The summed E-state index contributed by atoms with van der Waals surface area (Å²) in [4.78, 5) is 13.3. The van der Waals surface area contributed by atoms with Crippen LogP contribution < -0.4 is 15.5 Å². The van der Waals surface area contributed by atoms with Crippen molar-refractivity contribution in [3.8, 4) is 0 Å². The van der Waals surface area contributed by atoms with Gasteiger partial charge in [0.15, 0.2) is 0 Å². The molecular weight excluding hydrogens is 214 g/mol. The summed E-state index contributed by atoms with van der Waals surface area (Å²) >= 11 is 0. The number of nitrogens with zero attached hydrogens (tertiary/aromatic N) is 1. The molecule has 17 heavy (non-hydrogen) atoms. The molecular formula is C13H21N3O. The monoisotopic (exact) mass is 235 g/mol. The van der Waals surface area contributed by atoms with Gasteiger partial charge in [-0.05, 0) is 25.1 Å². The maximum absolute atomic E-state index is 11.2. The van der Waals surface area contributed by atoms with E-state index in [9.17, 15) is 4.79 Å². The molecule has 0 unspecified atom stereocenters. The molecule has 0 saturated carbocycles. The van der Waals surface area contributed by atoms with Crippen molar-refractivity contribution in [1.29, 1.82) is 0 Å². The van der Waals surface area contributed by atoms with E-state index in [1.54, 1.807) is 0 Å². The van der Waals surface area contributed by atoms with E-state index >= 15 is 0 Å². The van der Waals surface area contributed by atoms with E-state index in [0.717, 1.165) is 11.4 Å². The van der Waals surface area contributed by atoms with Crippen molar-refractivity contribution in [1.82, 2.24) is 5.32 Å². The van der Waals surface area contributed by atoms with Crippen LogP contribution in [-0.4, -0.2) is 33.1 Å². The molecule has 0 aliphatic rings. The summed E-state index contributed by atoms with van der Waals surface area (Å²) in [6, 6.07) is 8.13. The van der Waals surface area contributed by atoms with Gasteiger partial charge in [-0.15, -0.1) is 0 Å². The minimum Gasteiger partial charge on any atom is -0.384 e. The lowest BCUT2D eigenvalue weighted by molar-refractivity contribution is -0.120. The number of nitrogens with one attached hydrogen (secondary N) is 2. The molecule has 0 atom stereocenters. The molecule has 0 saturated heterocycles. The van der Waals surface area contributed by atoms with Crippen molar-refractivity contribution in [3.63, 3.8) is 0 Å². The van der Waals surface area contributed by atoms with Gasteiger partial charge in [-0.25, -0.2) is 0 Å². The highest BCUT2D eigenvalue weighted by Gasteiger charge is 2.00. The van der Waals surface area contributed by atoms with E-state index in [-0.39, 0.29) is 5.91 Å². The average molecular weight is 235 g/mol. The first kappa shape index (κ1) is 13.4. The Morgan fingerprint density at radius 2 is 2.12 bits per heavy atom. The van der Waals surface area contributed by atoms with Crippen LogP contribution in [0.4, 0.5) is 11.4 Å². The number of amides is 1. The molecule has 0 fully saturated rings. The molecule has 0 aromatic heterocycles. The summed E-state index contributed by atoms with van der Waals surface area (Å²) in [6.45, 7) is 3.27. The Bertz CT molecular complexity index is 363. The van der Waals surface area contributed by atoms with Gasteiger partial charge in [0.2, 0.25) is 5.91 Å². The topological polar surface area (TPSA) is 44.4 Å². The molecule has 1 rings (SSSR count). The average Bonchev–Trinajstić information content (AvgIpc) is 2.30. The van der Waals surface area contributed by atoms with Crippen molar-refractivity contribution in [3.05, 3.63) is 24.3 Å². The summed E-state index contributed by atoms with van der Waals surface area (Å²) in [7, 11) is 4.02. The predicted octanol–water partition coefficient (Wildman–Crippen LogP) is 1.69. The summed E-state index contributed by atoms with van der Waals surface area (Å²) in [5, 5.41) is 6.02. The molecule has 94 valence electrons. The highest BCUT2D eigenvalue weighted by atomic mass is 16.1. The fourth-order valence-electron chi connectivity index (χ4n) is 1.50. The number of carbonyl (C=O) groups is 1. The fraction of sp³-hybridized carbons (Fsp3) is 0.462. The van der Waals surface area contributed by atoms with Gasteiger partial charge in [0, 0.05) is 45.0 Å². The molecule has 1 aromatic rings. The zero-order valence-electron chi connectivity index (χ0n) is 10.8. The van der Waals surface area contributed by atoms with Gasteiger partial charge >= 0.3 is 0 Å². The van der Waals surface area contributed by atoms with Gasteiger partial charge in [-0.2, -0.15) is 0 Å². The molecule has 0 heterocycles. The standard InChI is InChI=1S/C13H21N3O/c1-4-14-13(17)8-9-15-11-6-5-7-12(10-11)16(2)3/h5-7,10,15H,4,8-9H2,1-3H3,(H,14,17). The van der Waals surface area contributed by atoms with Gasteiger partial charge in [0.05, 0.1) is 0 Å². The molecule has 0 spiro atoms. The largest absolute Gasteiger partial charge is 0.384 e. The second-order valence-electron chi connectivity index (χ2n) is 4.08. The molecule has 1 amide bonds. The molecule has 0 aliphatic carbocycles. The smallest absolute Gasteiger partial charge is 0.221 e. The lowest BCUT2D eigenvalue weighted by Crippen LogP contribution is -2.24. The van der Waals surface area contributed by atoms with E-state index in [1.165, 1.54) is 0 Å². The van der Waals surface area contributed by atoms with Crippen LogP contribution >= 0.6 is 0 Å². The first-order valence-corrected chi connectivity index (χ1v) is 5.91. The van der Waals surface area contributed by atoms with Crippen LogP contribution in [0.5, 0.6) is 0 Å². The van der Waals surface area contributed by atoms with Crippen molar-refractivity contribution in [2.24, 2.45) is 0 Å². The van der Waals surface area contributed by atoms with Crippen LogP contribution in [0, 0.1) is 0 Å². The summed E-state index contributed by atoms with van der Waals surface area (Å²) < 4.78 is 0. The van der Waals surface area contributed by atoms with Crippen LogP contribution in [0.25, 0.3) is 0 Å². The summed E-state index contributed by atoms with van der Waals surface area (Å²) in [5.41, 5.74) is 2.19. The SMILES string of the molecule is CCNC(=O)CCNc1cccc(N(C)C)c1. The molecule has 4 heteroatoms. The van der Waals surface area contributed by atoms with Gasteiger partial charge in [-0.1, -0.05) is 6.07 Å². The van der Waals surface area contributed by atoms with E-state index in [1.807, 2.05) is 33.2 Å². The second kappa shape index (κ2) is 6.78. The van der Waals surface area contributed by atoms with Gasteiger partial charge < -0.3 is 15.5 Å². The Hall–Kier alpha value is -1.71. The number of anilines is 2. The lowest BCUT2D eigenvalue weighted by Gasteiger charge is -2.14. The zero-order chi connectivity index (χ0) is 12.7. The summed E-state index contributed by atoms with van der Waals surface area (Å²) in [6.07, 6.45) is 0.500. The minimum absolute atomic E-state index is 0.0868. The second-order valence-corrected chi connectivity index (χ2v) is 4.08. The van der Waals surface area contributed by atoms with Gasteiger partial charge in [-0.3, -0.25) is 4.79 Å². The van der Waals surface area contributed by atoms with Crippen molar-refractivity contribution in [2.45, 2.75) is 13.3 Å². The number of benzene rings is 1. The highest BCUT2D eigenvalue weighted by Crippen LogP contribution is 2.16. The van der Waals surface area contributed by atoms with Gasteiger partial charge in [0.25, 0.3) is 0 Å². The normalized spacial score (nSPS) is 9.82. The van der Waals surface area contributed by atoms with Crippen molar-refractivity contribution < 1.29 is 4.79 Å². The van der Waals surface area contributed by atoms with E-state index in [2.05, 4.69) is 27.7 Å². The molecule has 2 N–H and O–H groups in total. The van der Waals surface area contributed by atoms with Crippen molar-refractivity contribution in [2.75, 3.05) is 37.4 Å². The highest BCUT2D eigenvalue weighted by molar-refractivity contribution is 5.76. The number of rotatable bonds is 6. The minimum atomic E-state index is 0.0868. The van der Waals surface area contributed by atoms with E-state index in [4.69, 9.17) is 0 Å². The molecule has 0 radical (unpaired) electrons. The third kappa shape index (κ3) is 4.76. The first-order valence-electron chi connectivity index (χ1n) is 5.91. The van der Waals surface area contributed by atoms with Crippen LogP contribution in [0.1, 0.15) is 13.3 Å². The molecule has 1 aromatic carbocycles. The Labute approximate surface area is 103 Å². The predicted molar refractivity (Wildman–Crippen MR) is 72.6 cm³/mol. The third-order valence-electron chi connectivity index (χ3n) is 2.42. The van der Waals surface area contributed by atoms with Crippen LogP contribution in [0.2, 0.25) is 0 Å². The zero-order valence-corrected chi connectivity index (χ0v) is 10.8. The first-order chi connectivity index (χ1) is 8.13. The van der Waals surface area contributed by atoms with Crippen LogP contribution in [0.15, 0.2) is 24.3 Å². The quantitative estimate of drug-likeness (QED) is 0.788. The Morgan fingerprint density at radius 3 is 2.76 bits per heavy atom. The lowest BCUT2D eigenvalue weighted by atomic mass is 10.2. The maximum atomic E-state index is 11.2. The Balaban J connectivity index is 2.41. The fourth-order valence-corrected chi connectivity index (χ4v) is 1.50. The summed E-state index contributed by atoms with van der Waals surface area (Å²) in [5.74, 6) is 0.0868. The number of carbonyl (C=O) groups excluding carboxylic acids is 1. The molecule has 0 bridgehead atoms. The third-order valence-corrected chi connectivity index (χ3v) is 2.42. The molecule has 0 aliphatic heterocycles. The van der Waals surface area contributed by atoms with Gasteiger partial charge in [0.1, 0.15) is 0 Å². The Kier molecular flexibility index (Phi) is 5.33. The Morgan fingerprint density at radius 1 is 1.35 bits per heavy atom. The van der Waals surface area contributed by atoms with E-state index < -0.39 is 0 Å². The van der Waals surface area contributed by atoms with Crippen LogP contribution in [-0.2, 0) is 4.79 Å². The van der Waals surface area contributed by atoms with E-state index in [0.29, 0.717) is 19.5 Å². The van der Waals surface area contributed by atoms with Crippen LogP contribution in [0.3, 0.4) is 0 Å². The van der Waals surface area contributed by atoms with Crippen molar-refractivity contribution >= 4 is 17.3 Å².